The Morgan fingerprint density at radius 2 is 2.05 bits per heavy atom. The van der Waals surface area contributed by atoms with Crippen LogP contribution in [0.5, 0.6) is 5.75 Å². The first kappa shape index (κ1) is 14.6. The number of ether oxygens (including phenoxy) is 1. The van der Waals surface area contributed by atoms with Gasteiger partial charge in [-0.05, 0) is 37.4 Å². The highest BCUT2D eigenvalue weighted by molar-refractivity contribution is 6.40. The summed E-state index contributed by atoms with van der Waals surface area (Å²) < 4.78 is 10.7. The molecule has 0 fully saturated rings. The quantitative estimate of drug-likeness (QED) is 0.477. The van der Waals surface area contributed by atoms with Gasteiger partial charge in [0.15, 0.2) is 0 Å². The van der Waals surface area contributed by atoms with Crippen molar-refractivity contribution in [2.24, 2.45) is 0 Å². The van der Waals surface area contributed by atoms with E-state index in [1.807, 2.05) is 19.1 Å². The van der Waals surface area contributed by atoms with Crippen molar-refractivity contribution in [1.29, 1.82) is 0 Å². The SMILES string of the molecule is Cc1cc(=O)oc2cc(OCCCCB(O)O)ccc12. The van der Waals surface area contributed by atoms with Crippen LogP contribution in [0.15, 0.2) is 33.5 Å². The fraction of sp³-hybridized carbons (Fsp3) is 0.357. The van der Waals surface area contributed by atoms with Crippen LogP contribution in [0.1, 0.15) is 18.4 Å². The van der Waals surface area contributed by atoms with Crippen LogP contribution in [0.3, 0.4) is 0 Å². The van der Waals surface area contributed by atoms with Crippen molar-refractivity contribution in [3.8, 4) is 5.75 Å². The summed E-state index contributed by atoms with van der Waals surface area (Å²) in [4.78, 5) is 11.3. The summed E-state index contributed by atoms with van der Waals surface area (Å²) in [6.07, 6.45) is 1.75. The zero-order valence-electron chi connectivity index (χ0n) is 11.3. The highest BCUT2D eigenvalue weighted by atomic mass is 16.5. The van der Waals surface area contributed by atoms with E-state index in [4.69, 9.17) is 19.2 Å². The Kier molecular flexibility index (Phi) is 4.81. The number of rotatable bonds is 6. The van der Waals surface area contributed by atoms with Crippen molar-refractivity contribution in [3.63, 3.8) is 0 Å². The van der Waals surface area contributed by atoms with Gasteiger partial charge in [0.1, 0.15) is 11.3 Å². The van der Waals surface area contributed by atoms with E-state index in [1.54, 1.807) is 6.07 Å². The number of aryl methyl sites for hydroxylation is 1. The molecule has 6 heteroatoms. The molecule has 0 spiro atoms. The maximum Gasteiger partial charge on any atom is 0.451 e. The minimum absolute atomic E-state index is 0.342. The molecule has 0 saturated heterocycles. The van der Waals surface area contributed by atoms with Crippen molar-refractivity contribution >= 4 is 18.1 Å². The van der Waals surface area contributed by atoms with Gasteiger partial charge < -0.3 is 19.2 Å². The van der Waals surface area contributed by atoms with Crippen molar-refractivity contribution in [2.75, 3.05) is 6.61 Å². The Hall–Kier alpha value is -1.79. The second kappa shape index (κ2) is 6.59. The monoisotopic (exact) mass is 276 g/mol. The Balaban J connectivity index is 1.99. The molecule has 0 saturated carbocycles. The van der Waals surface area contributed by atoms with Gasteiger partial charge in [-0.2, -0.15) is 0 Å². The Bertz CT molecular complexity index is 635. The Labute approximate surface area is 116 Å². The number of benzene rings is 1. The summed E-state index contributed by atoms with van der Waals surface area (Å²) in [7, 11) is -1.26. The first-order valence-corrected chi connectivity index (χ1v) is 6.60. The van der Waals surface area contributed by atoms with Crippen LogP contribution in [-0.2, 0) is 0 Å². The van der Waals surface area contributed by atoms with Crippen LogP contribution in [0.25, 0.3) is 11.0 Å². The molecule has 0 aliphatic heterocycles. The summed E-state index contributed by atoms with van der Waals surface area (Å²) in [6.45, 7) is 2.34. The molecule has 1 heterocycles. The summed E-state index contributed by atoms with van der Waals surface area (Å²) in [5.74, 6) is 0.635. The predicted octanol–water partition coefficient (Wildman–Crippen LogP) is 1.73. The molecule has 0 aliphatic rings. The molecule has 0 atom stereocenters. The van der Waals surface area contributed by atoms with Crippen LogP contribution in [0.4, 0.5) is 0 Å². The van der Waals surface area contributed by atoms with Crippen LogP contribution < -0.4 is 10.4 Å². The van der Waals surface area contributed by atoms with Gasteiger partial charge in [-0.15, -0.1) is 0 Å². The van der Waals surface area contributed by atoms with E-state index >= 15 is 0 Å². The number of hydrogen-bond donors (Lipinski definition) is 2. The van der Waals surface area contributed by atoms with E-state index in [-0.39, 0.29) is 5.63 Å². The maximum atomic E-state index is 11.3. The molecule has 0 amide bonds. The lowest BCUT2D eigenvalue weighted by Crippen LogP contribution is -2.10. The Morgan fingerprint density at radius 3 is 2.80 bits per heavy atom. The van der Waals surface area contributed by atoms with E-state index in [0.717, 1.165) is 17.4 Å². The second-order valence-corrected chi connectivity index (χ2v) is 4.73. The van der Waals surface area contributed by atoms with Crippen LogP contribution in [0.2, 0.25) is 6.32 Å². The molecule has 2 aromatic rings. The highest BCUT2D eigenvalue weighted by Crippen LogP contribution is 2.22. The van der Waals surface area contributed by atoms with E-state index < -0.39 is 7.12 Å². The molecular weight excluding hydrogens is 259 g/mol. The standard InChI is InChI=1S/C14H17BO5/c1-10-8-14(16)20-13-9-11(4-5-12(10)13)19-7-3-2-6-15(17)18/h4-5,8-9,17-18H,2-3,6-7H2,1H3. The zero-order valence-corrected chi connectivity index (χ0v) is 11.3. The lowest BCUT2D eigenvalue weighted by Gasteiger charge is -2.07. The second-order valence-electron chi connectivity index (χ2n) is 4.73. The third-order valence-electron chi connectivity index (χ3n) is 3.05. The Morgan fingerprint density at radius 1 is 1.25 bits per heavy atom. The third-order valence-corrected chi connectivity index (χ3v) is 3.05. The van der Waals surface area contributed by atoms with Gasteiger partial charge in [-0.1, -0.05) is 6.42 Å². The van der Waals surface area contributed by atoms with Crippen molar-refractivity contribution in [2.45, 2.75) is 26.1 Å². The van der Waals surface area contributed by atoms with Gasteiger partial charge in [0, 0.05) is 17.5 Å². The summed E-state index contributed by atoms with van der Waals surface area (Å²) in [5.41, 5.74) is 1.02. The van der Waals surface area contributed by atoms with Crippen molar-refractivity contribution in [1.82, 2.24) is 0 Å². The molecule has 20 heavy (non-hydrogen) atoms. The molecule has 2 N–H and O–H groups in total. The van der Waals surface area contributed by atoms with Gasteiger partial charge in [-0.3, -0.25) is 0 Å². The van der Waals surface area contributed by atoms with Gasteiger partial charge >= 0.3 is 12.7 Å². The number of unbranched alkanes of at least 4 members (excludes halogenated alkanes) is 1. The molecule has 5 nitrogen and oxygen atoms in total. The lowest BCUT2D eigenvalue weighted by atomic mass is 9.84. The third kappa shape index (κ3) is 3.85. The van der Waals surface area contributed by atoms with Gasteiger partial charge in [0.2, 0.25) is 0 Å². The summed E-state index contributed by atoms with van der Waals surface area (Å²) in [5, 5.41) is 18.3. The first-order chi connectivity index (χ1) is 9.56. The lowest BCUT2D eigenvalue weighted by molar-refractivity contribution is 0.306. The van der Waals surface area contributed by atoms with Crippen molar-refractivity contribution < 1.29 is 19.2 Å². The fourth-order valence-corrected chi connectivity index (χ4v) is 2.01. The number of hydrogen-bond acceptors (Lipinski definition) is 5. The molecule has 2 rings (SSSR count). The molecule has 0 aliphatic carbocycles. The van der Waals surface area contributed by atoms with Gasteiger partial charge in [0.05, 0.1) is 6.61 Å². The van der Waals surface area contributed by atoms with E-state index in [2.05, 4.69) is 0 Å². The van der Waals surface area contributed by atoms with Gasteiger partial charge in [-0.25, -0.2) is 4.79 Å². The molecule has 1 aromatic heterocycles. The smallest absolute Gasteiger partial charge is 0.451 e. The average molecular weight is 276 g/mol. The highest BCUT2D eigenvalue weighted by Gasteiger charge is 2.06. The normalized spacial score (nSPS) is 10.8. The summed E-state index contributed by atoms with van der Waals surface area (Å²) >= 11 is 0. The molecule has 0 bridgehead atoms. The largest absolute Gasteiger partial charge is 0.493 e. The molecule has 0 unspecified atom stereocenters. The predicted molar refractivity (Wildman–Crippen MR) is 76.9 cm³/mol. The minimum Gasteiger partial charge on any atom is -0.493 e. The van der Waals surface area contributed by atoms with Gasteiger partial charge in [0.25, 0.3) is 0 Å². The minimum atomic E-state index is -1.26. The molecule has 1 aromatic carbocycles. The molecular formula is C14H17BO5. The van der Waals surface area contributed by atoms with E-state index in [0.29, 0.717) is 30.7 Å². The summed E-state index contributed by atoms with van der Waals surface area (Å²) in [6, 6.07) is 6.85. The molecule has 106 valence electrons. The zero-order chi connectivity index (χ0) is 14.5. The average Bonchev–Trinajstić information content (AvgIpc) is 2.37. The number of fused-ring (bicyclic) bond motifs is 1. The maximum absolute atomic E-state index is 11.3. The van der Waals surface area contributed by atoms with E-state index in [1.165, 1.54) is 6.07 Å². The van der Waals surface area contributed by atoms with Crippen LogP contribution >= 0.6 is 0 Å². The fourth-order valence-electron chi connectivity index (χ4n) is 2.01. The van der Waals surface area contributed by atoms with Crippen molar-refractivity contribution in [3.05, 3.63) is 40.2 Å². The van der Waals surface area contributed by atoms with E-state index in [9.17, 15) is 4.79 Å². The van der Waals surface area contributed by atoms with Crippen LogP contribution in [0, 0.1) is 6.92 Å². The topological polar surface area (TPSA) is 79.9 Å². The van der Waals surface area contributed by atoms with Crippen LogP contribution in [-0.4, -0.2) is 23.8 Å². The molecule has 0 radical (unpaired) electrons. The first-order valence-electron chi connectivity index (χ1n) is 6.60.